The van der Waals surface area contributed by atoms with Gasteiger partial charge in [-0.05, 0) is 17.0 Å². The van der Waals surface area contributed by atoms with E-state index in [-0.39, 0.29) is 23.8 Å². The summed E-state index contributed by atoms with van der Waals surface area (Å²) in [6.45, 7) is 14.2. The molecular weight excluding hydrogens is 590 g/mol. The summed E-state index contributed by atoms with van der Waals surface area (Å²) in [5.41, 5.74) is 2.13. The summed E-state index contributed by atoms with van der Waals surface area (Å²) in [4.78, 5) is 55.2. The van der Waals surface area contributed by atoms with Gasteiger partial charge >= 0.3 is 5.97 Å². The Morgan fingerprint density at radius 1 is 0.955 bits per heavy atom. The SMILES string of the molecule is CC.CC.CC(=O)Nc1ccccc1C(C)(C)C.O=CNCC(=O)NC(CC(=O)O)C(=O)COc1c(F)c(F)cc(F)c1F. The molecule has 1 unspecified atom stereocenters. The van der Waals surface area contributed by atoms with E-state index in [1.54, 1.807) is 0 Å². The zero-order chi connectivity index (χ0) is 34.6. The average Bonchev–Trinajstić information content (AvgIpc) is 2.96. The van der Waals surface area contributed by atoms with Crippen molar-refractivity contribution in [1.82, 2.24) is 10.6 Å². The van der Waals surface area contributed by atoms with Crippen LogP contribution in [-0.4, -0.2) is 54.3 Å². The van der Waals surface area contributed by atoms with E-state index in [9.17, 15) is 41.5 Å². The standard InChI is InChI=1S/C14H12F4N2O6.C12H17NO.2C2H6/c15-6-1-7(16)13(18)14(12(6)17)26-4-9(22)8(2-11(24)25)20-10(23)3-19-5-21;1-9(14)13-11-8-6-5-7-10(11)12(2,3)4;2*1-2/h1,5,8H,2-4H2,(H,19,21)(H,20,23)(H,24,25);5-8H,1-4H3,(H,13,14);2*1-2H3. The predicted octanol–water partition coefficient (Wildman–Crippen LogP) is 4.89. The normalized spacial score (nSPS) is 10.5. The quantitative estimate of drug-likeness (QED) is 0.157. The summed E-state index contributed by atoms with van der Waals surface area (Å²) in [5.74, 6) is -12.4. The largest absolute Gasteiger partial charge is 0.481 e. The van der Waals surface area contributed by atoms with Crippen molar-refractivity contribution in [1.29, 1.82) is 0 Å². The van der Waals surface area contributed by atoms with Gasteiger partial charge in [0, 0.05) is 18.7 Å². The number of ketones is 1. The topological polar surface area (TPSA) is 151 Å². The molecule has 246 valence electrons. The lowest BCUT2D eigenvalue weighted by molar-refractivity contribution is -0.140. The molecule has 0 spiro atoms. The van der Waals surface area contributed by atoms with Crippen LogP contribution in [0.2, 0.25) is 0 Å². The van der Waals surface area contributed by atoms with Gasteiger partial charge < -0.3 is 25.8 Å². The second kappa shape index (κ2) is 21.2. The number of hydrogen-bond acceptors (Lipinski definition) is 6. The van der Waals surface area contributed by atoms with E-state index >= 15 is 0 Å². The molecule has 0 bridgehead atoms. The van der Waals surface area contributed by atoms with Crippen LogP contribution in [0.25, 0.3) is 0 Å². The molecule has 14 heteroatoms. The van der Waals surface area contributed by atoms with Crippen LogP contribution in [0.4, 0.5) is 23.2 Å². The second-order valence-corrected chi connectivity index (χ2v) is 9.25. The lowest BCUT2D eigenvalue weighted by Gasteiger charge is -2.22. The Morgan fingerprint density at radius 3 is 1.93 bits per heavy atom. The van der Waals surface area contributed by atoms with Gasteiger partial charge in [-0.1, -0.05) is 66.7 Å². The molecule has 2 aromatic carbocycles. The van der Waals surface area contributed by atoms with Gasteiger partial charge in [-0.25, -0.2) is 8.78 Å². The van der Waals surface area contributed by atoms with Gasteiger partial charge in [0.15, 0.2) is 23.2 Å². The number of carbonyl (C=O) groups excluding carboxylic acids is 4. The van der Waals surface area contributed by atoms with E-state index < -0.39 is 72.3 Å². The predicted molar refractivity (Wildman–Crippen MR) is 157 cm³/mol. The van der Waals surface area contributed by atoms with Crippen LogP contribution >= 0.6 is 0 Å². The first-order valence-electron chi connectivity index (χ1n) is 13.6. The van der Waals surface area contributed by atoms with Crippen molar-refractivity contribution in [2.75, 3.05) is 18.5 Å². The molecule has 0 aromatic heterocycles. The maximum absolute atomic E-state index is 13.4. The molecule has 1 atom stereocenters. The molecule has 0 aliphatic heterocycles. The number of Topliss-reactive ketones (excluding diaryl/α,β-unsaturated/α-hetero) is 1. The summed E-state index contributed by atoms with van der Waals surface area (Å²) >= 11 is 0. The Hall–Kier alpha value is -4.49. The first-order valence-corrected chi connectivity index (χ1v) is 13.6. The highest BCUT2D eigenvalue weighted by Gasteiger charge is 2.26. The van der Waals surface area contributed by atoms with Crippen LogP contribution < -0.4 is 20.7 Å². The first-order chi connectivity index (χ1) is 20.6. The molecule has 0 heterocycles. The minimum Gasteiger partial charge on any atom is -0.481 e. The molecule has 0 aliphatic rings. The van der Waals surface area contributed by atoms with Crippen LogP contribution in [-0.2, 0) is 29.4 Å². The zero-order valence-electron chi connectivity index (χ0n) is 26.1. The van der Waals surface area contributed by atoms with Crippen LogP contribution in [0.15, 0.2) is 30.3 Å². The maximum atomic E-state index is 13.4. The lowest BCUT2D eigenvalue weighted by atomic mass is 9.86. The van der Waals surface area contributed by atoms with Gasteiger partial charge in [-0.15, -0.1) is 0 Å². The van der Waals surface area contributed by atoms with Crippen molar-refractivity contribution >= 4 is 35.7 Å². The van der Waals surface area contributed by atoms with Crippen LogP contribution in [0.5, 0.6) is 5.75 Å². The van der Waals surface area contributed by atoms with E-state index in [4.69, 9.17) is 5.11 Å². The smallest absolute Gasteiger partial charge is 0.305 e. The minimum atomic E-state index is -1.88. The number of aliphatic carboxylic acids is 1. The first kappa shape index (κ1) is 41.6. The van der Waals surface area contributed by atoms with E-state index in [1.807, 2.05) is 62.6 Å². The minimum absolute atomic E-state index is 0.0262. The average molecular weight is 632 g/mol. The van der Waals surface area contributed by atoms with E-state index in [0.29, 0.717) is 0 Å². The third kappa shape index (κ3) is 15.1. The van der Waals surface area contributed by atoms with Crippen molar-refractivity contribution in [3.05, 3.63) is 59.2 Å². The van der Waals surface area contributed by atoms with Crippen molar-refractivity contribution in [3.63, 3.8) is 0 Å². The zero-order valence-corrected chi connectivity index (χ0v) is 26.1. The van der Waals surface area contributed by atoms with Gasteiger partial charge in [0.2, 0.25) is 29.9 Å². The third-order valence-corrected chi connectivity index (χ3v) is 4.92. The lowest BCUT2D eigenvalue weighted by Crippen LogP contribution is -2.47. The number of carboxylic acid groups (broad SMARTS) is 1. The molecule has 0 saturated carbocycles. The fraction of sp³-hybridized carbons (Fsp3) is 0.433. The number of nitrogens with one attached hydrogen (secondary N) is 3. The molecular formula is C30H41F4N3O7. The van der Waals surface area contributed by atoms with Gasteiger partial charge in [-0.2, -0.15) is 8.78 Å². The number of halogens is 4. The van der Waals surface area contributed by atoms with E-state index in [2.05, 4.69) is 30.8 Å². The number of carboxylic acids is 1. The Balaban J connectivity index is 0. The van der Waals surface area contributed by atoms with Gasteiger partial charge in [-0.3, -0.25) is 24.0 Å². The summed E-state index contributed by atoms with van der Waals surface area (Å²) in [7, 11) is 0. The summed E-state index contributed by atoms with van der Waals surface area (Å²) in [6, 6.07) is 6.17. The number of para-hydroxylation sites is 1. The Morgan fingerprint density at radius 2 is 1.48 bits per heavy atom. The molecule has 10 nitrogen and oxygen atoms in total. The van der Waals surface area contributed by atoms with Crippen molar-refractivity contribution < 1.29 is 51.4 Å². The molecule has 0 saturated heterocycles. The molecule has 4 N–H and O–H groups in total. The van der Waals surface area contributed by atoms with Crippen LogP contribution in [0, 0.1) is 23.3 Å². The van der Waals surface area contributed by atoms with Crippen molar-refractivity contribution in [2.45, 2.75) is 73.3 Å². The number of carbonyl (C=O) groups is 5. The molecule has 2 aromatic rings. The van der Waals surface area contributed by atoms with Crippen LogP contribution in [0.3, 0.4) is 0 Å². The number of rotatable bonds is 11. The highest BCUT2D eigenvalue weighted by molar-refractivity contribution is 5.93. The Kier molecular flexibility index (Phi) is 20.1. The number of benzene rings is 2. The Labute approximate surface area is 254 Å². The van der Waals surface area contributed by atoms with Crippen molar-refractivity contribution in [3.8, 4) is 5.75 Å². The summed E-state index contributed by atoms with van der Waals surface area (Å²) in [5, 5.41) is 15.5. The second-order valence-electron chi connectivity index (χ2n) is 9.25. The Bertz CT molecular complexity index is 1230. The molecule has 0 radical (unpaired) electrons. The molecule has 44 heavy (non-hydrogen) atoms. The number of anilines is 1. The number of ether oxygens (including phenoxy) is 1. The molecule has 2 rings (SSSR count). The van der Waals surface area contributed by atoms with Gasteiger partial charge in [0.05, 0.1) is 13.0 Å². The molecule has 0 fully saturated rings. The fourth-order valence-electron chi connectivity index (χ4n) is 3.16. The summed E-state index contributed by atoms with van der Waals surface area (Å²) < 4.78 is 57.4. The fourth-order valence-corrected chi connectivity index (χ4v) is 3.16. The van der Waals surface area contributed by atoms with E-state index in [0.717, 1.165) is 11.3 Å². The van der Waals surface area contributed by atoms with Crippen molar-refractivity contribution in [2.24, 2.45) is 0 Å². The molecule has 3 amide bonds. The summed E-state index contributed by atoms with van der Waals surface area (Å²) in [6.07, 6.45) is -0.724. The maximum Gasteiger partial charge on any atom is 0.305 e. The molecule has 0 aliphatic carbocycles. The highest BCUT2D eigenvalue weighted by Crippen LogP contribution is 2.29. The van der Waals surface area contributed by atoms with Gasteiger partial charge in [0.1, 0.15) is 12.6 Å². The monoisotopic (exact) mass is 631 g/mol. The van der Waals surface area contributed by atoms with Gasteiger partial charge in [0.25, 0.3) is 0 Å². The number of amides is 3. The van der Waals surface area contributed by atoms with Crippen LogP contribution in [0.1, 0.15) is 67.4 Å². The number of hydrogen-bond donors (Lipinski definition) is 4. The highest BCUT2D eigenvalue weighted by atomic mass is 19.2. The van der Waals surface area contributed by atoms with E-state index in [1.165, 1.54) is 6.92 Å². The third-order valence-electron chi connectivity index (χ3n) is 4.92.